The van der Waals surface area contributed by atoms with Gasteiger partial charge in [0, 0.05) is 25.2 Å². The van der Waals surface area contributed by atoms with Crippen LogP contribution in [0.2, 0.25) is 0 Å². The molecule has 0 bridgehead atoms. The summed E-state index contributed by atoms with van der Waals surface area (Å²) in [6.45, 7) is 5.01. The standard InChI is InChI=1S/C14H19N3OS2/c1-10-6-4-7-12(11(10)2)15-13-16-17-14(20-13)19-9-5-8-18-3/h4,6-7H,5,8-9H2,1-3H3,(H,15,16). The van der Waals surface area contributed by atoms with Crippen LogP contribution in [0.5, 0.6) is 0 Å². The molecule has 0 radical (unpaired) electrons. The maximum Gasteiger partial charge on any atom is 0.210 e. The van der Waals surface area contributed by atoms with Gasteiger partial charge in [-0.05, 0) is 37.5 Å². The van der Waals surface area contributed by atoms with E-state index in [0.717, 1.165) is 33.9 Å². The number of nitrogens with zero attached hydrogens (tertiary/aromatic N) is 2. The van der Waals surface area contributed by atoms with Gasteiger partial charge in [0.2, 0.25) is 5.13 Å². The fourth-order valence-electron chi connectivity index (χ4n) is 1.68. The second-order valence-corrected chi connectivity index (χ2v) is 6.76. The number of hydrogen-bond acceptors (Lipinski definition) is 6. The Morgan fingerprint density at radius 3 is 2.95 bits per heavy atom. The molecule has 0 unspecified atom stereocenters. The largest absolute Gasteiger partial charge is 0.385 e. The van der Waals surface area contributed by atoms with Gasteiger partial charge in [-0.1, -0.05) is 35.2 Å². The lowest BCUT2D eigenvalue weighted by Gasteiger charge is -2.08. The van der Waals surface area contributed by atoms with Crippen molar-refractivity contribution in [3.63, 3.8) is 0 Å². The normalized spacial score (nSPS) is 10.8. The van der Waals surface area contributed by atoms with E-state index in [1.54, 1.807) is 30.2 Å². The molecule has 0 spiro atoms. The fourth-order valence-corrected chi connectivity index (χ4v) is 3.43. The molecule has 1 N–H and O–H groups in total. The Hall–Kier alpha value is -1.11. The third-order valence-electron chi connectivity index (χ3n) is 2.97. The molecular formula is C14H19N3OS2. The van der Waals surface area contributed by atoms with E-state index in [2.05, 4.69) is 41.5 Å². The number of aryl methyl sites for hydroxylation is 1. The van der Waals surface area contributed by atoms with Gasteiger partial charge in [-0.3, -0.25) is 0 Å². The Morgan fingerprint density at radius 2 is 2.15 bits per heavy atom. The van der Waals surface area contributed by atoms with Gasteiger partial charge in [-0.2, -0.15) is 0 Å². The highest BCUT2D eigenvalue weighted by atomic mass is 32.2. The van der Waals surface area contributed by atoms with Gasteiger partial charge in [-0.15, -0.1) is 10.2 Å². The molecule has 0 atom stereocenters. The molecule has 20 heavy (non-hydrogen) atoms. The summed E-state index contributed by atoms with van der Waals surface area (Å²) in [6, 6.07) is 6.22. The van der Waals surface area contributed by atoms with Crippen LogP contribution in [0.1, 0.15) is 17.5 Å². The number of thioether (sulfide) groups is 1. The topological polar surface area (TPSA) is 47.0 Å². The van der Waals surface area contributed by atoms with Gasteiger partial charge in [0.1, 0.15) is 0 Å². The zero-order valence-electron chi connectivity index (χ0n) is 12.0. The van der Waals surface area contributed by atoms with Crippen LogP contribution in [0.3, 0.4) is 0 Å². The highest BCUT2D eigenvalue weighted by Gasteiger charge is 2.07. The molecular weight excluding hydrogens is 290 g/mol. The van der Waals surface area contributed by atoms with E-state index in [4.69, 9.17) is 4.74 Å². The van der Waals surface area contributed by atoms with E-state index in [0.29, 0.717) is 0 Å². The van der Waals surface area contributed by atoms with Crippen molar-refractivity contribution >= 4 is 33.9 Å². The van der Waals surface area contributed by atoms with E-state index in [1.165, 1.54) is 11.1 Å². The molecule has 0 saturated carbocycles. The minimum atomic E-state index is 0.791. The van der Waals surface area contributed by atoms with Crippen LogP contribution in [0.25, 0.3) is 0 Å². The summed E-state index contributed by atoms with van der Waals surface area (Å²) in [5, 5.41) is 12.6. The van der Waals surface area contributed by atoms with Crippen molar-refractivity contribution < 1.29 is 4.74 Å². The third kappa shape index (κ3) is 4.19. The molecule has 1 aromatic heterocycles. The van der Waals surface area contributed by atoms with Crippen LogP contribution in [-0.4, -0.2) is 29.7 Å². The molecule has 1 heterocycles. The number of rotatable bonds is 7. The fraction of sp³-hybridized carbons (Fsp3) is 0.429. The van der Waals surface area contributed by atoms with E-state index in [9.17, 15) is 0 Å². The molecule has 108 valence electrons. The zero-order chi connectivity index (χ0) is 14.4. The second-order valence-electron chi connectivity index (χ2n) is 4.44. The maximum absolute atomic E-state index is 5.03. The number of aromatic nitrogens is 2. The van der Waals surface area contributed by atoms with Crippen LogP contribution >= 0.6 is 23.1 Å². The number of anilines is 2. The average Bonchev–Trinajstić information content (AvgIpc) is 2.88. The molecule has 0 aliphatic heterocycles. The second kappa shape index (κ2) is 7.61. The minimum Gasteiger partial charge on any atom is -0.385 e. The summed E-state index contributed by atoms with van der Waals surface area (Å²) in [4.78, 5) is 0. The van der Waals surface area contributed by atoms with E-state index < -0.39 is 0 Å². The molecule has 2 aromatic rings. The number of benzene rings is 1. The van der Waals surface area contributed by atoms with Gasteiger partial charge in [-0.25, -0.2) is 0 Å². The predicted molar refractivity (Wildman–Crippen MR) is 86.3 cm³/mol. The molecule has 0 saturated heterocycles. The van der Waals surface area contributed by atoms with E-state index >= 15 is 0 Å². The van der Waals surface area contributed by atoms with Crippen molar-refractivity contribution in [3.05, 3.63) is 29.3 Å². The van der Waals surface area contributed by atoms with E-state index in [1.807, 2.05) is 6.07 Å². The Bertz CT molecular complexity index is 557. The highest BCUT2D eigenvalue weighted by Crippen LogP contribution is 2.29. The zero-order valence-corrected chi connectivity index (χ0v) is 13.6. The van der Waals surface area contributed by atoms with Crippen molar-refractivity contribution in [2.24, 2.45) is 0 Å². The lowest BCUT2D eigenvalue weighted by molar-refractivity contribution is 0.200. The first-order chi connectivity index (χ1) is 9.70. The van der Waals surface area contributed by atoms with Crippen molar-refractivity contribution in [1.82, 2.24) is 10.2 Å². The number of ether oxygens (including phenoxy) is 1. The molecule has 0 aliphatic carbocycles. The van der Waals surface area contributed by atoms with Gasteiger partial charge in [0.25, 0.3) is 0 Å². The summed E-state index contributed by atoms with van der Waals surface area (Å²) in [7, 11) is 1.72. The monoisotopic (exact) mass is 309 g/mol. The number of hydrogen-bond donors (Lipinski definition) is 1. The molecule has 4 nitrogen and oxygen atoms in total. The minimum absolute atomic E-state index is 0.791. The SMILES string of the molecule is COCCCSc1nnc(Nc2cccc(C)c2C)s1. The Kier molecular flexibility index (Phi) is 5.82. The van der Waals surface area contributed by atoms with Crippen LogP contribution in [-0.2, 0) is 4.74 Å². The van der Waals surface area contributed by atoms with Crippen LogP contribution in [0, 0.1) is 13.8 Å². The maximum atomic E-state index is 5.03. The summed E-state index contributed by atoms with van der Waals surface area (Å²) in [5.74, 6) is 1.01. The number of methoxy groups -OCH3 is 1. The first-order valence-corrected chi connectivity index (χ1v) is 8.29. The summed E-state index contributed by atoms with van der Waals surface area (Å²) in [5.41, 5.74) is 3.61. The van der Waals surface area contributed by atoms with Crippen molar-refractivity contribution in [1.29, 1.82) is 0 Å². The van der Waals surface area contributed by atoms with Gasteiger partial charge in [0.15, 0.2) is 4.34 Å². The first kappa shape index (κ1) is 15.3. The predicted octanol–water partition coefficient (Wildman–Crippen LogP) is 4.03. The third-order valence-corrected chi connectivity index (χ3v) is 5.03. The van der Waals surface area contributed by atoms with Gasteiger partial charge >= 0.3 is 0 Å². The lowest BCUT2D eigenvalue weighted by atomic mass is 10.1. The summed E-state index contributed by atoms with van der Waals surface area (Å²) < 4.78 is 6.02. The molecule has 1 aromatic carbocycles. The van der Waals surface area contributed by atoms with Crippen molar-refractivity contribution in [3.8, 4) is 0 Å². The molecule has 6 heteroatoms. The van der Waals surface area contributed by atoms with Crippen LogP contribution in [0.4, 0.5) is 10.8 Å². The Balaban J connectivity index is 1.94. The molecule has 2 rings (SSSR count). The molecule has 0 fully saturated rings. The highest BCUT2D eigenvalue weighted by molar-refractivity contribution is 8.01. The first-order valence-electron chi connectivity index (χ1n) is 6.49. The van der Waals surface area contributed by atoms with Gasteiger partial charge < -0.3 is 10.1 Å². The molecule has 0 aliphatic rings. The van der Waals surface area contributed by atoms with E-state index in [-0.39, 0.29) is 0 Å². The van der Waals surface area contributed by atoms with Crippen molar-refractivity contribution in [2.45, 2.75) is 24.6 Å². The van der Waals surface area contributed by atoms with Gasteiger partial charge in [0.05, 0.1) is 0 Å². The molecule has 0 amide bonds. The Labute approximate surface area is 128 Å². The summed E-state index contributed by atoms with van der Waals surface area (Å²) in [6.07, 6.45) is 1.03. The van der Waals surface area contributed by atoms with Crippen molar-refractivity contribution in [2.75, 3.05) is 24.8 Å². The van der Waals surface area contributed by atoms with Crippen LogP contribution < -0.4 is 5.32 Å². The quantitative estimate of drug-likeness (QED) is 0.618. The smallest absolute Gasteiger partial charge is 0.210 e. The Morgan fingerprint density at radius 1 is 1.30 bits per heavy atom. The summed E-state index contributed by atoms with van der Waals surface area (Å²) >= 11 is 3.31. The number of nitrogens with one attached hydrogen (secondary N) is 1. The average molecular weight is 309 g/mol. The van der Waals surface area contributed by atoms with Crippen LogP contribution in [0.15, 0.2) is 22.5 Å². The lowest BCUT2D eigenvalue weighted by Crippen LogP contribution is -1.94.